The Kier molecular flexibility index (Phi) is 7.27. The van der Waals surface area contributed by atoms with Crippen LogP contribution in [0.4, 0.5) is 0 Å². The summed E-state index contributed by atoms with van der Waals surface area (Å²) in [7, 11) is 0. The molecule has 0 spiro atoms. The van der Waals surface area contributed by atoms with E-state index in [1.165, 1.54) is 0 Å². The van der Waals surface area contributed by atoms with Gasteiger partial charge < -0.3 is 5.11 Å². The molecule has 4 heteroatoms. The Hall–Kier alpha value is -1.10. The quantitative estimate of drug-likeness (QED) is 0.609. The molecule has 0 unspecified atom stereocenters. The molecule has 0 aliphatic carbocycles. The fraction of sp³-hybridized carbons (Fsp3) is 0.750. The van der Waals surface area contributed by atoms with E-state index in [4.69, 9.17) is 15.6 Å². The average molecular weight is 167 g/mol. The topological polar surface area (TPSA) is 71.1 Å². The van der Waals surface area contributed by atoms with Crippen molar-refractivity contribution in [2.24, 2.45) is 0 Å². The predicted octanol–water partition coefficient (Wildman–Crippen LogP) is 0.108. The van der Waals surface area contributed by atoms with E-state index in [0.29, 0.717) is 32.5 Å². The highest BCUT2D eigenvalue weighted by Crippen LogP contribution is 1.92. The number of nitriles is 2. The molecular weight excluding hydrogens is 154 g/mol. The highest BCUT2D eigenvalue weighted by molar-refractivity contribution is 4.76. The van der Waals surface area contributed by atoms with Gasteiger partial charge >= 0.3 is 0 Å². The molecule has 0 radical (unpaired) electrons. The van der Waals surface area contributed by atoms with Crippen LogP contribution in [0.1, 0.15) is 12.8 Å². The van der Waals surface area contributed by atoms with Crippen LogP contribution in [0.3, 0.4) is 0 Å². The molecule has 0 saturated heterocycles. The molecule has 0 amide bonds. The van der Waals surface area contributed by atoms with E-state index < -0.39 is 0 Å². The maximum absolute atomic E-state index is 8.63. The lowest BCUT2D eigenvalue weighted by Crippen LogP contribution is -2.28. The molecule has 0 bridgehead atoms. The Balaban J connectivity index is 3.57. The summed E-state index contributed by atoms with van der Waals surface area (Å²) in [5.41, 5.74) is 0. The molecule has 0 fully saturated rings. The fourth-order valence-electron chi connectivity index (χ4n) is 0.893. The van der Waals surface area contributed by atoms with Crippen LogP contribution in [0.15, 0.2) is 0 Å². The number of nitrogens with zero attached hydrogens (tertiary/aromatic N) is 3. The van der Waals surface area contributed by atoms with E-state index in [9.17, 15) is 0 Å². The van der Waals surface area contributed by atoms with Crippen LogP contribution < -0.4 is 0 Å². The number of aliphatic hydroxyl groups excluding tert-OH is 1. The molecule has 0 atom stereocenters. The highest BCUT2D eigenvalue weighted by Gasteiger charge is 2.01. The molecule has 0 aliphatic rings. The van der Waals surface area contributed by atoms with Crippen LogP contribution in [-0.2, 0) is 0 Å². The van der Waals surface area contributed by atoms with Crippen LogP contribution in [0.5, 0.6) is 0 Å². The molecule has 0 rings (SSSR count). The molecule has 0 aliphatic heterocycles. The number of hydrogen-bond donors (Lipinski definition) is 1. The Morgan fingerprint density at radius 2 is 1.50 bits per heavy atom. The third-order valence-corrected chi connectivity index (χ3v) is 1.50. The second-order valence-electron chi connectivity index (χ2n) is 2.38. The van der Waals surface area contributed by atoms with E-state index in [1.807, 2.05) is 17.0 Å². The maximum atomic E-state index is 8.63. The lowest BCUT2D eigenvalue weighted by atomic mass is 10.3. The first-order chi connectivity index (χ1) is 5.85. The zero-order valence-corrected chi connectivity index (χ0v) is 7.03. The number of rotatable bonds is 6. The van der Waals surface area contributed by atoms with Crippen molar-refractivity contribution in [2.75, 3.05) is 26.2 Å². The first-order valence-corrected chi connectivity index (χ1v) is 3.92. The molecule has 1 N–H and O–H groups in total. The molecule has 0 aromatic rings. The van der Waals surface area contributed by atoms with Gasteiger partial charge in [-0.2, -0.15) is 10.5 Å². The minimum absolute atomic E-state index is 0.0802. The van der Waals surface area contributed by atoms with Gasteiger partial charge in [0, 0.05) is 32.5 Å². The van der Waals surface area contributed by atoms with Crippen LogP contribution >= 0.6 is 0 Å². The predicted molar refractivity (Wildman–Crippen MR) is 44.0 cm³/mol. The molecule has 0 aromatic heterocycles. The zero-order valence-electron chi connectivity index (χ0n) is 7.03. The van der Waals surface area contributed by atoms with Crippen molar-refractivity contribution in [3.63, 3.8) is 0 Å². The van der Waals surface area contributed by atoms with Crippen LogP contribution in [0.2, 0.25) is 0 Å². The number of hydrogen-bond acceptors (Lipinski definition) is 4. The van der Waals surface area contributed by atoms with E-state index in [1.54, 1.807) is 0 Å². The van der Waals surface area contributed by atoms with Gasteiger partial charge in [-0.1, -0.05) is 0 Å². The summed E-state index contributed by atoms with van der Waals surface area (Å²) in [6.07, 6.45) is 0.900. The Morgan fingerprint density at radius 3 is 1.83 bits per heavy atom. The van der Waals surface area contributed by atoms with Crippen molar-refractivity contribution in [1.82, 2.24) is 4.90 Å². The first kappa shape index (κ1) is 10.9. The van der Waals surface area contributed by atoms with E-state index in [-0.39, 0.29) is 6.61 Å². The van der Waals surface area contributed by atoms with Crippen LogP contribution in [0.25, 0.3) is 0 Å². The standard InChI is InChI=1S/C8H13N3O/c9-3-1-5-11(7-8-12)6-2-4-10/h12H,1-2,5-8H2. The van der Waals surface area contributed by atoms with Crippen molar-refractivity contribution >= 4 is 0 Å². The van der Waals surface area contributed by atoms with Crippen LogP contribution in [0, 0.1) is 22.7 Å². The van der Waals surface area contributed by atoms with Gasteiger partial charge in [-0.15, -0.1) is 0 Å². The normalized spacial score (nSPS) is 9.33. The van der Waals surface area contributed by atoms with Crippen molar-refractivity contribution < 1.29 is 5.11 Å². The SMILES string of the molecule is N#CCCN(CCO)CCC#N. The largest absolute Gasteiger partial charge is 0.395 e. The second kappa shape index (κ2) is 8.00. The lowest BCUT2D eigenvalue weighted by Gasteiger charge is -2.17. The highest BCUT2D eigenvalue weighted by atomic mass is 16.3. The molecule has 0 saturated carbocycles. The Morgan fingerprint density at radius 1 is 1.00 bits per heavy atom. The average Bonchev–Trinajstić information content (AvgIpc) is 2.10. The van der Waals surface area contributed by atoms with Gasteiger partial charge in [0.05, 0.1) is 18.7 Å². The van der Waals surface area contributed by atoms with Gasteiger partial charge in [0.25, 0.3) is 0 Å². The number of aliphatic hydroxyl groups is 1. The molecule has 0 heterocycles. The van der Waals surface area contributed by atoms with Gasteiger partial charge in [0.1, 0.15) is 0 Å². The van der Waals surface area contributed by atoms with Crippen LogP contribution in [-0.4, -0.2) is 36.2 Å². The van der Waals surface area contributed by atoms with Gasteiger partial charge in [-0.05, 0) is 0 Å². The third kappa shape index (κ3) is 5.67. The van der Waals surface area contributed by atoms with Gasteiger partial charge in [0.15, 0.2) is 0 Å². The summed E-state index contributed by atoms with van der Waals surface area (Å²) in [6.45, 7) is 1.90. The zero-order chi connectivity index (χ0) is 9.23. The molecule has 0 aromatic carbocycles. The van der Waals surface area contributed by atoms with Crippen molar-refractivity contribution in [3.05, 3.63) is 0 Å². The minimum Gasteiger partial charge on any atom is -0.395 e. The summed E-state index contributed by atoms with van der Waals surface area (Å²) < 4.78 is 0. The third-order valence-electron chi connectivity index (χ3n) is 1.50. The van der Waals surface area contributed by atoms with Gasteiger partial charge in [-0.25, -0.2) is 0 Å². The smallest absolute Gasteiger partial charge is 0.0635 e. The van der Waals surface area contributed by atoms with Crippen molar-refractivity contribution in [3.8, 4) is 12.1 Å². The van der Waals surface area contributed by atoms with Gasteiger partial charge in [0.2, 0.25) is 0 Å². The summed E-state index contributed by atoms with van der Waals surface area (Å²) in [4.78, 5) is 1.91. The Bertz CT molecular complexity index is 162. The first-order valence-electron chi connectivity index (χ1n) is 3.92. The van der Waals surface area contributed by atoms with E-state index in [0.717, 1.165) is 0 Å². The second-order valence-corrected chi connectivity index (χ2v) is 2.38. The fourth-order valence-corrected chi connectivity index (χ4v) is 0.893. The van der Waals surface area contributed by atoms with E-state index in [2.05, 4.69) is 0 Å². The molecule has 4 nitrogen and oxygen atoms in total. The van der Waals surface area contributed by atoms with Crippen molar-refractivity contribution in [2.45, 2.75) is 12.8 Å². The summed E-state index contributed by atoms with van der Waals surface area (Å²) in [5.74, 6) is 0. The lowest BCUT2D eigenvalue weighted by molar-refractivity contribution is 0.201. The molecular formula is C8H13N3O. The van der Waals surface area contributed by atoms with Crippen molar-refractivity contribution in [1.29, 1.82) is 10.5 Å². The summed E-state index contributed by atoms with van der Waals surface area (Å²) in [6, 6.07) is 4.05. The maximum Gasteiger partial charge on any atom is 0.0635 e. The Labute approximate surface area is 72.6 Å². The van der Waals surface area contributed by atoms with Gasteiger partial charge in [-0.3, -0.25) is 4.90 Å². The molecule has 12 heavy (non-hydrogen) atoms. The monoisotopic (exact) mass is 167 g/mol. The minimum atomic E-state index is 0.0802. The summed E-state index contributed by atoms with van der Waals surface area (Å²) >= 11 is 0. The summed E-state index contributed by atoms with van der Waals surface area (Å²) in [5, 5.41) is 25.2. The molecule has 66 valence electrons. The van der Waals surface area contributed by atoms with E-state index >= 15 is 0 Å².